The Balaban J connectivity index is 1.41. The Labute approximate surface area is 144 Å². The van der Waals surface area contributed by atoms with Gasteiger partial charge in [0.05, 0.1) is 6.61 Å². The van der Waals surface area contributed by atoms with Gasteiger partial charge in [-0.15, -0.1) is 5.10 Å². The van der Waals surface area contributed by atoms with E-state index in [0.717, 1.165) is 12.0 Å². The molecular formula is C16H20N6O3. The number of aromatic nitrogens is 3. The number of hydrogen-bond acceptors (Lipinski definition) is 5. The third-order valence-electron chi connectivity index (χ3n) is 3.69. The molecule has 0 unspecified atom stereocenters. The third kappa shape index (κ3) is 4.93. The van der Waals surface area contributed by atoms with Crippen LogP contribution in [0.2, 0.25) is 0 Å². The summed E-state index contributed by atoms with van der Waals surface area (Å²) < 4.78 is 4.93. The van der Waals surface area contributed by atoms with Crippen LogP contribution in [0, 0.1) is 0 Å². The third-order valence-corrected chi connectivity index (χ3v) is 3.69. The minimum atomic E-state index is -0.421. The molecule has 0 bridgehead atoms. The van der Waals surface area contributed by atoms with E-state index < -0.39 is 6.03 Å². The molecule has 0 radical (unpaired) electrons. The van der Waals surface area contributed by atoms with Crippen molar-refractivity contribution in [2.24, 2.45) is 0 Å². The second-order valence-corrected chi connectivity index (χ2v) is 5.60. The van der Waals surface area contributed by atoms with Crippen LogP contribution in [0.5, 0.6) is 0 Å². The lowest BCUT2D eigenvalue weighted by Crippen LogP contribution is -2.43. The molecule has 2 heterocycles. The average Bonchev–Trinajstić information content (AvgIpc) is 3.04. The van der Waals surface area contributed by atoms with Gasteiger partial charge in [-0.1, -0.05) is 30.3 Å². The number of H-pyrrole nitrogens is 1. The number of urea groups is 1. The van der Waals surface area contributed by atoms with E-state index in [0.29, 0.717) is 38.5 Å². The number of nitrogens with one attached hydrogen (secondary N) is 3. The number of amides is 3. The first-order valence-electron chi connectivity index (χ1n) is 8.12. The normalized spacial score (nSPS) is 14.1. The molecule has 1 saturated heterocycles. The molecule has 0 spiro atoms. The Morgan fingerprint density at radius 2 is 2.16 bits per heavy atom. The minimum absolute atomic E-state index is 0.209. The molecular weight excluding hydrogens is 324 g/mol. The van der Waals surface area contributed by atoms with Gasteiger partial charge in [0.1, 0.15) is 5.82 Å². The van der Waals surface area contributed by atoms with Gasteiger partial charge in [-0.3, -0.25) is 10.4 Å². The Hall–Kier alpha value is -3.10. The van der Waals surface area contributed by atoms with Gasteiger partial charge in [0.15, 0.2) is 0 Å². The number of carbonyl (C=O) groups is 2. The van der Waals surface area contributed by atoms with Gasteiger partial charge in [0, 0.05) is 26.1 Å². The van der Waals surface area contributed by atoms with Crippen molar-refractivity contribution < 1.29 is 14.3 Å². The van der Waals surface area contributed by atoms with Gasteiger partial charge in [-0.05, 0) is 12.0 Å². The Morgan fingerprint density at radius 3 is 2.96 bits per heavy atom. The molecule has 25 heavy (non-hydrogen) atoms. The molecule has 3 N–H and O–H groups in total. The number of cyclic esters (lactones) is 1. The number of anilines is 1. The highest BCUT2D eigenvalue weighted by Gasteiger charge is 2.19. The van der Waals surface area contributed by atoms with Gasteiger partial charge in [0.2, 0.25) is 5.95 Å². The van der Waals surface area contributed by atoms with E-state index in [1.807, 2.05) is 30.3 Å². The van der Waals surface area contributed by atoms with Crippen LogP contribution in [0.3, 0.4) is 0 Å². The maximum Gasteiger partial charge on any atom is 0.409 e. The fourth-order valence-electron chi connectivity index (χ4n) is 2.47. The molecule has 3 amide bonds. The summed E-state index contributed by atoms with van der Waals surface area (Å²) in [6, 6.07) is 9.43. The van der Waals surface area contributed by atoms with E-state index in [1.54, 1.807) is 4.90 Å². The molecule has 0 aliphatic carbocycles. The van der Waals surface area contributed by atoms with Crippen LogP contribution in [0.15, 0.2) is 30.3 Å². The molecule has 132 valence electrons. The number of nitrogens with zero attached hydrogens (tertiary/aromatic N) is 3. The van der Waals surface area contributed by atoms with E-state index in [-0.39, 0.29) is 12.0 Å². The zero-order valence-electron chi connectivity index (χ0n) is 13.7. The molecule has 9 heteroatoms. The Bertz CT molecular complexity index is 718. The van der Waals surface area contributed by atoms with Crippen LogP contribution >= 0.6 is 0 Å². The maximum atomic E-state index is 11.9. The predicted octanol–water partition coefficient (Wildman–Crippen LogP) is 1.36. The van der Waals surface area contributed by atoms with Crippen molar-refractivity contribution in [2.75, 3.05) is 31.6 Å². The molecule has 0 atom stereocenters. The SMILES string of the molecule is O=C(NCCN1CCCOC1=O)Nc1n[nH]c(Cc2ccccc2)n1. The van der Waals surface area contributed by atoms with Crippen molar-refractivity contribution in [1.82, 2.24) is 25.4 Å². The molecule has 2 aromatic rings. The summed E-state index contributed by atoms with van der Waals surface area (Å²) in [7, 11) is 0. The van der Waals surface area contributed by atoms with Crippen molar-refractivity contribution in [3.63, 3.8) is 0 Å². The lowest BCUT2D eigenvalue weighted by molar-refractivity contribution is 0.0736. The lowest BCUT2D eigenvalue weighted by atomic mass is 10.1. The summed E-state index contributed by atoms with van der Waals surface area (Å²) in [5.74, 6) is 0.873. The molecule has 0 saturated carbocycles. The average molecular weight is 344 g/mol. The van der Waals surface area contributed by atoms with Crippen molar-refractivity contribution in [3.05, 3.63) is 41.7 Å². The first-order valence-corrected chi connectivity index (χ1v) is 8.12. The summed E-state index contributed by atoms with van der Waals surface area (Å²) in [6.07, 6.45) is 1.07. The topological polar surface area (TPSA) is 112 Å². The van der Waals surface area contributed by atoms with Crippen molar-refractivity contribution in [2.45, 2.75) is 12.8 Å². The summed E-state index contributed by atoms with van der Waals surface area (Å²) in [5.41, 5.74) is 1.10. The highest BCUT2D eigenvalue weighted by Crippen LogP contribution is 2.07. The maximum absolute atomic E-state index is 11.9. The van der Waals surface area contributed by atoms with E-state index in [2.05, 4.69) is 25.8 Å². The summed E-state index contributed by atoms with van der Waals surface area (Å²) in [4.78, 5) is 29.1. The zero-order valence-corrected chi connectivity index (χ0v) is 13.7. The second kappa shape index (κ2) is 8.13. The number of carbonyl (C=O) groups excluding carboxylic acids is 2. The first kappa shape index (κ1) is 16.7. The van der Waals surface area contributed by atoms with Crippen molar-refractivity contribution in [1.29, 1.82) is 0 Å². The van der Waals surface area contributed by atoms with Gasteiger partial charge in [0.25, 0.3) is 0 Å². The van der Waals surface area contributed by atoms with Gasteiger partial charge >= 0.3 is 12.1 Å². The quantitative estimate of drug-likeness (QED) is 0.732. The number of rotatable bonds is 6. The smallest absolute Gasteiger partial charge is 0.409 e. The van der Waals surface area contributed by atoms with E-state index in [9.17, 15) is 9.59 Å². The van der Waals surface area contributed by atoms with Gasteiger partial charge < -0.3 is 15.0 Å². The summed E-state index contributed by atoms with van der Waals surface area (Å²) in [5, 5.41) is 12.0. The van der Waals surface area contributed by atoms with E-state index in [1.165, 1.54) is 0 Å². The zero-order chi connectivity index (χ0) is 17.5. The monoisotopic (exact) mass is 344 g/mol. The second-order valence-electron chi connectivity index (χ2n) is 5.60. The van der Waals surface area contributed by atoms with Crippen LogP contribution in [0.1, 0.15) is 17.8 Å². The van der Waals surface area contributed by atoms with E-state index in [4.69, 9.17) is 4.74 Å². The van der Waals surface area contributed by atoms with Crippen LogP contribution in [0.4, 0.5) is 15.5 Å². The Morgan fingerprint density at radius 1 is 1.32 bits per heavy atom. The number of hydrogen-bond donors (Lipinski definition) is 3. The lowest BCUT2D eigenvalue weighted by Gasteiger charge is -2.26. The Kier molecular flexibility index (Phi) is 5.45. The predicted molar refractivity (Wildman–Crippen MR) is 90.2 cm³/mol. The highest BCUT2D eigenvalue weighted by molar-refractivity contribution is 5.87. The fraction of sp³-hybridized carbons (Fsp3) is 0.375. The largest absolute Gasteiger partial charge is 0.449 e. The standard InChI is InChI=1S/C16H20N6O3/c23-15(17-7-9-22-8-4-10-25-16(22)24)19-14-18-13(20-21-14)11-12-5-2-1-3-6-12/h1-3,5-6H,4,7-11H2,(H3,17,18,19,20,21,23). The van der Waals surface area contributed by atoms with Crippen LogP contribution in [-0.2, 0) is 11.2 Å². The molecule has 1 aromatic heterocycles. The number of ether oxygens (including phenoxy) is 1. The molecule has 1 aliphatic heterocycles. The molecule has 1 aliphatic rings. The van der Waals surface area contributed by atoms with Gasteiger partial charge in [-0.2, -0.15) is 4.98 Å². The summed E-state index contributed by atoms with van der Waals surface area (Å²) in [6.45, 7) is 1.83. The summed E-state index contributed by atoms with van der Waals surface area (Å²) >= 11 is 0. The van der Waals surface area contributed by atoms with Crippen LogP contribution in [0.25, 0.3) is 0 Å². The minimum Gasteiger partial charge on any atom is -0.449 e. The molecule has 3 rings (SSSR count). The highest BCUT2D eigenvalue weighted by atomic mass is 16.6. The van der Waals surface area contributed by atoms with Gasteiger partial charge in [-0.25, -0.2) is 9.59 Å². The fourth-order valence-corrected chi connectivity index (χ4v) is 2.47. The van der Waals surface area contributed by atoms with Crippen molar-refractivity contribution >= 4 is 18.1 Å². The van der Waals surface area contributed by atoms with Crippen LogP contribution < -0.4 is 10.6 Å². The van der Waals surface area contributed by atoms with E-state index >= 15 is 0 Å². The first-order chi connectivity index (χ1) is 12.2. The number of aromatic amines is 1. The molecule has 1 aromatic carbocycles. The van der Waals surface area contributed by atoms with Crippen molar-refractivity contribution in [3.8, 4) is 0 Å². The number of benzene rings is 1. The molecule has 1 fully saturated rings. The molecule has 9 nitrogen and oxygen atoms in total. The van der Waals surface area contributed by atoms with Crippen LogP contribution in [-0.4, -0.2) is 58.4 Å².